The molecule has 78 valence electrons. The lowest BCUT2D eigenvalue weighted by Crippen LogP contribution is -2.07. The Morgan fingerprint density at radius 1 is 1.50 bits per heavy atom. The van der Waals surface area contributed by atoms with Gasteiger partial charge < -0.3 is 20.7 Å². The second-order valence-corrected chi connectivity index (χ2v) is 3.02. The van der Waals surface area contributed by atoms with Gasteiger partial charge in [-0.3, -0.25) is 0 Å². The SMILES string of the molecule is COc1cc(O)ccc1[C@@H](O)CCN. The molecule has 0 spiro atoms. The highest BCUT2D eigenvalue weighted by molar-refractivity contribution is 5.41. The van der Waals surface area contributed by atoms with Crippen LogP contribution in [0.5, 0.6) is 11.5 Å². The molecule has 14 heavy (non-hydrogen) atoms. The van der Waals surface area contributed by atoms with Crippen LogP contribution in [0.4, 0.5) is 0 Å². The van der Waals surface area contributed by atoms with Crippen molar-refractivity contribution in [3.63, 3.8) is 0 Å². The van der Waals surface area contributed by atoms with Gasteiger partial charge in [-0.25, -0.2) is 0 Å². The number of hydrogen-bond acceptors (Lipinski definition) is 4. The van der Waals surface area contributed by atoms with Gasteiger partial charge in [-0.2, -0.15) is 0 Å². The van der Waals surface area contributed by atoms with Crippen molar-refractivity contribution in [2.24, 2.45) is 5.73 Å². The lowest BCUT2D eigenvalue weighted by Gasteiger charge is -2.13. The van der Waals surface area contributed by atoms with Crippen LogP contribution in [0.25, 0.3) is 0 Å². The number of aromatic hydroxyl groups is 1. The first-order valence-corrected chi connectivity index (χ1v) is 4.44. The smallest absolute Gasteiger partial charge is 0.128 e. The molecular weight excluding hydrogens is 182 g/mol. The number of ether oxygens (including phenoxy) is 1. The minimum atomic E-state index is -0.643. The molecule has 0 unspecified atom stereocenters. The number of nitrogens with two attached hydrogens (primary N) is 1. The third-order valence-corrected chi connectivity index (χ3v) is 2.02. The Morgan fingerprint density at radius 2 is 2.21 bits per heavy atom. The molecule has 0 aromatic heterocycles. The van der Waals surface area contributed by atoms with Crippen LogP contribution in [0.3, 0.4) is 0 Å². The van der Waals surface area contributed by atoms with Gasteiger partial charge in [0.2, 0.25) is 0 Å². The third kappa shape index (κ3) is 2.37. The molecule has 1 rings (SSSR count). The summed E-state index contributed by atoms with van der Waals surface area (Å²) in [4.78, 5) is 0. The van der Waals surface area contributed by atoms with E-state index < -0.39 is 6.10 Å². The topological polar surface area (TPSA) is 75.7 Å². The van der Waals surface area contributed by atoms with Crippen LogP contribution >= 0.6 is 0 Å². The van der Waals surface area contributed by atoms with Gasteiger partial charge in [0.15, 0.2) is 0 Å². The van der Waals surface area contributed by atoms with Gasteiger partial charge in [-0.1, -0.05) is 0 Å². The van der Waals surface area contributed by atoms with Crippen molar-refractivity contribution >= 4 is 0 Å². The Labute approximate surface area is 82.9 Å². The van der Waals surface area contributed by atoms with Crippen molar-refractivity contribution in [2.45, 2.75) is 12.5 Å². The Balaban J connectivity index is 2.95. The quantitative estimate of drug-likeness (QED) is 0.666. The minimum Gasteiger partial charge on any atom is -0.508 e. The summed E-state index contributed by atoms with van der Waals surface area (Å²) in [5, 5.41) is 18.9. The summed E-state index contributed by atoms with van der Waals surface area (Å²) in [5.74, 6) is 0.594. The van der Waals surface area contributed by atoms with E-state index in [2.05, 4.69) is 0 Å². The van der Waals surface area contributed by atoms with Crippen LogP contribution < -0.4 is 10.5 Å². The fraction of sp³-hybridized carbons (Fsp3) is 0.400. The highest BCUT2D eigenvalue weighted by Gasteiger charge is 2.12. The highest BCUT2D eigenvalue weighted by Crippen LogP contribution is 2.29. The van der Waals surface area contributed by atoms with E-state index in [0.29, 0.717) is 24.3 Å². The molecule has 0 heterocycles. The highest BCUT2D eigenvalue weighted by atomic mass is 16.5. The van der Waals surface area contributed by atoms with E-state index in [-0.39, 0.29) is 5.75 Å². The molecule has 1 aromatic carbocycles. The fourth-order valence-electron chi connectivity index (χ4n) is 1.29. The summed E-state index contributed by atoms with van der Waals surface area (Å²) in [7, 11) is 1.49. The summed E-state index contributed by atoms with van der Waals surface area (Å²) >= 11 is 0. The van der Waals surface area contributed by atoms with E-state index in [1.807, 2.05) is 0 Å². The maximum absolute atomic E-state index is 9.68. The van der Waals surface area contributed by atoms with Crippen molar-refractivity contribution in [1.82, 2.24) is 0 Å². The first-order chi connectivity index (χ1) is 6.69. The van der Waals surface area contributed by atoms with E-state index in [1.54, 1.807) is 6.07 Å². The average Bonchev–Trinajstić information content (AvgIpc) is 2.17. The van der Waals surface area contributed by atoms with Crippen LogP contribution in [0, 0.1) is 0 Å². The second kappa shape index (κ2) is 4.83. The molecule has 0 saturated carbocycles. The second-order valence-electron chi connectivity index (χ2n) is 3.02. The molecule has 0 bridgehead atoms. The molecule has 0 aliphatic carbocycles. The van der Waals surface area contributed by atoms with Crippen LogP contribution in [-0.4, -0.2) is 23.9 Å². The average molecular weight is 197 g/mol. The molecular formula is C10H15NO3. The summed E-state index contributed by atoms with van der Waals surface area (Å²) < 4.78 is 5.03. The van der Waals surface area contributed by atoms with Crippen molar-refractivity contribution in [1.29, 1.82) is 0 Å². The molecule has 0 amide bonds. The number of benzene rings is 1. The van der Waals surface area contributed by atoms with Gasteiger partial charge in [0.25, 0.3) is 0 Å². The minimum absolute atomic E-state index is 0.116. The number of phenols is 1. The number of methoxy groups -OCH3 is 1. The van der Waals surface area contributed by atoms with Gasteiger partial charge in [0.05, 0.1) is 13.2 Å². The maximum atomic E-state index is 9.68. The van der Waals surface area contributed by atoms with Gasteiger partial charge in [-0.15, -0.1) is 0 Å². The van der Waals surface area contributed by atoms with E-state index in [0.717, 1.165) is 0 Å². The largest absolute Gasteiger partial charge is 0.508 e. The van der Waals surface area contributed by atoms with E-state index in [1.165, 1.54) is 19.2 Å². The first kappa shape index (κ1) is 10.8. The van der Waals surface area contributed by atoms with E-state index in [9.17, 15) is 10.2 Å². The molecule has 0 aliphatic heterocycles. The molecule has 0 saturated heterocycles. The predicted octanol–water partition coefficient (Wildman–Crippen LogP) is 0.783. The van der Waals surface area contributed by atoms with Gasteiger partial charge in [0.1, 0.15) is 11.5 Å². The number of aliphatic hydroxyl groups is 1. The molecule has 1 aromatic rings. The summed E-state index contributed by atoms with van der Waals surface area (Å²) in [6, 6.07) is 4.61. The fourth-order valence-corrected chi connectivity index (χ4v) is 1.29. The molecule has 1 atom stereocenters. The molecule has 0 fully saturated rings. The Bertz CT molecular complexity index is 301. The lowest BCUT2D eigenvalue weighted by molar-refractivity contribution is 0.166. The number of phenolic OH excluding ortho intramolecular Hbond substituents is 1. The molecule has 4 heteroatoms. The van der Waals surface area contributed by atoms with Gasteiger partial charge in [0, 0.05) is 11.6 Å². The Kier molecular flexibility index (Phi) is 3.73. The standard InChI is InChI=1S/C10H15NO3/c1-14-10-6-7(12)2-3-8(10)9(13)4-5-11/h2-3,6,9,12-13H,4-5,11H2,1H3/t9-/m0/s1. The van der Waals surface area contributed by atoms with Crippen LogP contribution in [0.1, 0.15) is 18.1 Å². The van der Waals surface area contributed by atoms with Gasteiger partial charge >= 0.3 is 0 Å². The summed E-state index contributed by atoms with van der Waals surface area (Å²) in [6.07, 6.45) is -0.170. The Hall–Kier alpha value is -1.26. The van der Waals surface area contributed by atoms with Crippen LogP contribution in [0.15, 0.2) is 18.2 Å². The van der Waals surface area contributed by atoms with Crippen molar-refractivity contribution < 1.29 is 14.9 Å². The normalized spacial score (nSPS) is 12.5. The zero-order valence-electron chi connectivity index (χ0n) is 8.10. The maximum Gasteiger partial charge on any atom is 0.128 e. The molecule has 0 radical (unpaired) electrons. The zero-order valence-corrected chi connectivity index (χ0v) is 8.10. The first-order valence-electron chi connectivity index (χ1n) is 4.44. The van der Waals surface area contributed by atoms with Crippen molar-refractivity contribution in [2.75, 3.05) is 13.7 Å². The number of rotatable bonds is 4. The van der Waals surface area contributed by atoms with Crippen molar-refractivity contribution in [3.8, 4) is 11.5 Å². The summed E-state index contributed by atoms with van der Waals surface area (Å²) in [6.45, 7) is 0.408. The Morgan fingerprint density at radius 3 is 2.79 bits per heavy atom. The van der Waals surface area contributed by atoms with Crippen LogP contribution in [-0.2, 0) is 0 Å². The van der Waals surface area contributed by atoms with E-state index >= 15 is 0 Å². The van der Waals surface area contributed by atoms with E-state index in [4.69, 9.17) is 10.5 Å². The number of aliphatic hydroxyl groups excluding tert-OH is 1. The summed E-state index contributed by atoms with van der Waals surface area (Å²) in [5.41, 5.74) is 5.99. The molecule has 4 nitrogen and oxygen atoms in total. The third-order valence-electron chi connectivity index (χ3n) is 2.02. The molecule has 4 N–H and O–H groups in total. The predicted molar refractivity (Wildman–Crippen MR) is 53.3 cm³/mol. The number of hydrogen-bond donors (Lipinski definition) is 3. The van der Waals surface area contributed by atoms with Crippen LogP contribution in [0.2, 0.25) is 0 Å². The molecule has 0 aliphatic rings. The van der Waals surface area contributed by atoms with Crippen molar-refractivity contribution in [3.05, 3.63) is 23.8 Å². The van der Waals surface area contributed by atoms with Gasteiger partial charge in [-0.05, 0) is 25.1 Å². The zero-order chi connectivity index (χ0) is 10.6. The lowest BCUT2D eigenvalue weighted by atomic mass is 10.1. The monoisotopic (exact) mass is 197 g/mol.